The first-order valence-electron chi connectivity index (χ1n) is 7.05. The summed E-state index contributed by atoms with van der Waals surface area (Å²) < 4.78 is 2.55. The van der Waals surface area contributed by atoms with Crippen molar-refractivity contribution in [2.24, 2.45) is 0 Å². The van der Waals surface area contributed by atoms with Gasteiger partial charge in [-0.05, 0) is 5.56 Å². The van der Waals surface area contributed by atoms with Gasteiger partial charge in [0.15, 0.2) is 5.65 Å². The van der Waals surface area contributed by atoms with E-state index < -0.39 is 0 Å². The molecule has 0 radical (unpaired) electrons. The molecule has 0 spiro atoms. The molecule has 2 aromatic carbocycles. The van der Waals surface area contributed by atoms with Crippen molar-refractivity contribution in [1.82, 2.24) is 14.6 Å². The first-order valence-corrected chi connectivity index (χ1v) is 7.46. The van der Waals surface area contributed by atoms with Gasteiger partial charge in [-0.15, -0.1) is 0 Å². The monoisotopic (exact) mass is 303 g/mol. The number of H-pyrrole nitrogens is 1. The van der Waals surface area contributed by atoms with Crippen molar-refractivity contribution in [1.29, 1.82) is 0 Å². The summed E-state index contributed by atoms with van der Waals surface area (Å²) in [5.41, 5.74) is 4.90. The van der Waals surface area contributed by atoms with Crippen molar-refractivity contribution in [2.45, 2.75) is 0 Å². The van der Waals surface area contributed by atoms with E-state index in [1.165, 1.54) is 0 Å². The topological polar surface area (TPSA) is 33.1 Å². The molecule has 1 N–H and O–H groups in total. The zero-order chi connectivity index (χ0) is 14.9. The van der Waals surface area contributed by atoms with Gasteiger partial charge in [0.2, 0.25) is 0 Å². The van der Waals surface area contributed by atoms with Crippen LogP contribution in [-0.2, 0) is 0 Å². The molecule has 0 bridgehead atoms. The second-order valence-electron chi connectivity index (χ2n) is 5.08. The average Bonchev–Trinajstić information content (AvgIpc) is 3.01. The Morgan fingerprint density at radius 1 is 0.818 bits per heavy atom. The van der Waals surface area contributed by atoms with E-state index in [9.17, 15) is 0 Å². The highest BCUT2D eigenvalue weighted by atomic mass is 32.1. The summed E-state index contributed by atoms with van der Waals surface area (Å²) in [7, 11) is 0. The fourth-order valence-electron chi connectivity index (χ4n) is 2.51. The Hall–Kier alpha value is -2.72. The smallest absolute Gasteiger partial charge is 0.155 e. The van der Waals surface area contributed by atoms with Crippen molar-refractivity contribution < 1.29 is 0 Å². The van der Waals surface area contributed by atoms with Gasteiger partial charge in [0.25, 0.3) is 0 Å². The van der Waals surface area contributed by atoms with Crippen molar-refractivity contribution in [3.63, 3.8) is 0 Å². The number of nitrogens with one attached hydrogen (secondary N) is 1. The number of rotatable bonds is 2. The number of aromatic amines is 1. The zero-order valence-corrected chi connectivity index (χ0v) is 12.5. The Kier molecular flexibility index (Phi) is 3.09. The second kappa shape index (κ2) is 5.24. The van der Waals surface area contributed by atoms with E-state index in [1.807, 2.05) is 65.2 Å². The highest BCUT2D eigenvalue weighted by Crippen LogP contribution is 2.22. The lowest BCUT2D eigenvalue weighted by Crippen LogP contribution is -1.94. The number of benzene rings is 2. The molecule has 106 valence electrons. The molecule has 4 rings (SSSR count). The molecule has 22 heavy (non-hydrogen) atoms. The van der Waals surface area contributed by atoms with Crippen molar-refractivity contribution in [3.05, 3.63) is 77.4 Å². The van der Waals surface area contributed by atoms with Crippen LogP contribution in [0.5, 0.6) is 0 Å². The summed E-state index contributed by atoms with van der Waals surface area (Å²) in [6, 6.07) is 24.2. The van der Waals surface area contributed by atoms with Crippen LogP contribution in [0.15, 0.2) is 72.8 Å². The SMILES string of the molecule is S=c1cc(-c2ccccc2)nc2cc(-c3ccccc3)[nH]n12. The fraction of sp³-hybridized carbons (Fsp3) is 0. The summed E-state index contributed by atoms with van der Waals surface area (Å²) >= 11 is 5.50. The van der Waals surface area contributed by atoms with Crippen LogP contribution < -0.4 is 0 Å². The molecule has 4 heteroatoms. The third kappa shape index (κ3) is 2.23. The van der Waals surface area contributed by atoms with E-state index in [2.05, 4.69) is 17.2 Å². The van der Waals surface area contributed by atoms with Crippen molar-refractivity contribution in [3.8, 4) is 22.5 Å². The van der Waals surface area contributed by atoms with Gasteiger partial charge in [0.05, 0.1) is 11.4 Å². The summed E-state index contributed by atoms with van der Waals surface area (Å²) in [5.74, 6) is 0. The Labute approximate surface area is 132 Å². The van der Waals surface area contributed by atoms with Crippen LogP contribution >= 0.6 is 12.2 Å². The van der Waals surface area contributed by atoms with Gasteiger partial charge in [-0.25, -0.2) is 9.50 Å². The van der Waals surface area contributed by atoms with E-state index in [0.717, 1.165) is 28.2 Å². The normalized spacial score (nSPS) is 10.9. The molecule has 0 fully saturated rings. The number of aromatic nitrogens is 3. The molecule has 2 heterocycles. The third-order valence-electron chi connectivity index (χ3n) is 3.60. The minimum absolute atomic E-state index is 0.714. The maximum Gasteiger partial charge on any atom is 0.155 e. The van der Waals surface area contributed by atoms with E-state index in [1.54, 1.807) is 0 Å². The predicted molar refractivity (Wildman–Crippen MR) is 91.2 cm³/mol. The van der Waals surface area contributed by atoms with Crippen LogP contribution in [0.4, 0.5) is 0 Å². The zero-order valence-electron chi connectivity index (χ0n) is 11.7. The van der Waals surface area contributed by atoms with Gasteiger partial charge in [-0.1, -0.05) is 72.9 Å². The van der Waals surface area contributed by atoms with E-state index in [4.69, 9.17) is 17.2 Å². The van der Waals surface area contributed by atoms with E-state index in [0.29, 0.717) is 4.64 Å². The average molecular weight is 303 g/mol. The molecule has 0 saturated carbocycles. The van der Waals surface area contributed by atoms with Gasteiger partial charge in [0.1, 0.15) is 4.64 Å². The maximum absolute atomic E-state index is 5.50. The Balaban J connectivity index is 1.91. The molecule has 0 saturated heterocycles. The van der Waals surface area contributed by atoms with Gasteiger partial charge < -0.3 is 0 Å². The Morgan fingerprint density at radius 3 is 2.14 bits per heavy atom. The lowest BCUT2D eigenvalue weighted by Gasteiger charge is -2.01. The second-order valence-corrected chi connectivity index (χ2v) is 5.49. The first-order chi connectivity index (χ1) is 10.8. The quantitative estimate of drug-likeness (QED) is 0.543. The maximum atomic E-state index is 5.50. The van der Waals surface area contributed by atoms with Gasteiger partial charge in [-0.2, -0.15) is 0 Å². The van der Waals surface area contributed by atoms with Crippen molar-refractivity contribution in [2.75, 3.05) is 0 Å². The molecule has 0 aliphatic carbocycles. The molecule has 0 aliphatic rings. The summed E-state index contributed by atoms with van der Waals surface area (Å²) in [5, 5.41) is 3.31. The number of nitrogens with zero attached hydrogens (tertiary/aromatic N) is 2. The standard InChI is InChI=1S/C18H13N3S/c22-18-12-15(13-7-3-1-4-8-13)19-17-11-16(20-21(17)18)14-9-5-2-6-10-14/h1-12,20H. The van der Waals surface area contributed by atoms with Crippen LogP contribution in [-0.4, -0.2) is 14.6 Å². The lowest BCUT2D eigenvalue weighted by molar-refractivity contribution is 0.930. The molecule has 0 amide bonds. The van der Waals surface area contributed by atoms with Crippen LogP contribution in [0.2, 0.25) is 0 Å². The minimum Gasteiger partial charge on any atom is -0.291 e. The van der Waals surface area contributed by atoms with Crippen LogP contribution in [0.1, 0.15) is 0 Å². The molecule has 4 aromatic rings. The van der Waals surface area contributed by atoms with Gasteiger partial charge in [0, 0.05) is 17.7 Å². The number of hydrogen-bond acceptors (Lipinski definition) is 2. The molecule has 3 nitrogen and oxygen atoms in total. The molecular weight excluding hydrogens is 290 g/mol. The number of hydrogen-bond donors (Lipinski definition) is 1. The Morgan fingerprint density at radius 2 is 1.45 bits per heavy atom. The van der Waals surface area contributed by atoms with E-state index >= 15 is 0 Å². The third-order valence-corrected chi connectivity index (χ3v) is 3.91. The summed E-state index contributed by atoms with van der Waals surface area (Å²) in [6.45, 7) is 0. The highest BCUT2D eigenvalue weighted by molar-refractivity contribution is 7.71. The molecule has 2 aromatic heterocycles. The molecule has 0 atom stereocenters. The van der Waals surface area contributed by atoms with Crippen LogP contribution in [0.3, 0.4) is 0 Å². The van der Waals surface area contributed by atoms with Gasteiger partial charge in [-0.3, -0.25) is 5.10 Å². The Bertz CT molecular complexity index is 985. The first kappa shape index (κ1) is 13.0. The van der Waals surface area contributed by atoms with Crippen molar-refractivity contribution >= 4 is 17.9 Å². The summed E-state index contributed by atoms with van der Waals surface area (Å²) in [4.78, 5) is 4.72. The largest absolute Gasteiger partial charge is 0.291 e. The van der Waals surface area contributed by atoms with Gasteiger partial charge >= 0.3 is 0 Å². The predicted octanol–water partition coefficient (Wildman–Crippen LogP) is 4.73. The lowest BCUT2D eigenvalue weighted by atomic mass is 10.1. The molecule has 0 aliphatic heterocycles. The van der Waals surface area contributed by atoms with Crippen LogP contribution in [0.25, 0.3) is 28.2 Å². The summed E-state index contributed by atoms with van der Waals surface area (Å²) in [6.07, 6.45) is 0. The molecular formula is C18H13N3S. The minimum atomic E-state index is 0.714. The number of fused-ring (bicyclic) bond motifs is 1. The van der Waals surface area contributed by atoms with Crippen LogP contribution in [0, 0.1) is 4.64 Å². The fourth-order valence-corrected chi connectivity index (χ4v) is 2.76. The highest BCUT2D eigenvalue weighted by Gasteiger charge is 2.07. The molecule has 0 unspecified atom stereocenters. The van der Waals surface area contributed by atoms with E-state index in [-0.39, 0.29) is 0 Å².